The number of piperidine rings is 1. The molecule has 122 valence electrons. The van der Waals surface area contributed by atoms with Crippen LogP contribution in [0.4, 0.5) is 0 Å². The maximum Gasteiger partial charge on any atom is 0.194 e. The normalized spacial score (nSPS) is 16.7. The molecule has 0 aliphatic carbocycles. The third kappa shape index (κ3) is 5.07. The second kappa shape index (κ2) is 8.86. The minimum Gasteiger partial charge on any atom is -0.490 e. The lowest BCUT2D eigenvalue weighted by atomic mass is 10.1. The summed E-state index contributed by atoms with van der Waals surface area (Å²) >= 11 is 6.05. The van der Waals surface area contributed by atoms with Gasteiger partial charge < -0.3 is 20.1 Å². The summed E-state index contributed by atoms with van der Waals surface area (Å²) in [5, 5.41) is 13.5. The number of ether oxygens (including phenoxy) is 1. The summed E-state index contributed by atoms with van der Waals surface area (Å²) in [5.41, 5.74) is 0. The minimum atomic E-state index is -0.178. The summed E-state index contributed by atoms with van der Waals surface area (Å²) in [5.74, 6) is 1.57. The Bertz CT molecular complexity index is 488. The number of aliphatic hydroxyl groups is 1. The van der Waals surface area contributed by atoms with Crippen LogP contribution < -0.4 is 10.1 Å². The number of hydrogen-bond acceptors (Lipinski definition) is 3. The molecule has 1 saturated heterocycles. The molecule has 2 N–H and O–H groups in total. The second-order valence-electron chi connectivity index (χ2n) is 5.23. The van der Waals surface area contributed by atoms with Gasteiger partial charge in [0.25, 0.3) is 0 Å². The van der Waals surface area contributed by atoms with Gasteiger partial charge in [-0.1, -0.05) is 23.7 Å². The van der Waals surface area contributed by atoms with Gasteiger partial charge in [-0.3, -0.25) is 0 Å². The molecule has 1 aromatic rings. The van der Waals surface area contributed by atoms with Crippen LogP contribution >= 0.6 is 11.6 Å². The summed E-state index contributed by atoms with van der Waals surface area (Å²) < 4.78 is 5.64. The third-order valence-corrected chi connectivity index (χ3v) is 3.86. The first-order chi connectivity index (χ1) is 10.7. The van der Waals surface area contributed by atoms with E-state index in [1.165, 1.54) is 0 Å². The standard InChI is InChI=1S/C16H24ClN3O2/c1-2-18-16(20-10-7-13(21)8-11-20)19-9-12-22-15-6-4-3-5-14(15)17/h3-6,13,21H,2,7-12H2,1H3,(H,18,19). The monoisotopic (exact) mass is 325 g/mol. The fraction of sp³-hybridized carbons (Fsp3) is 0.562. The zero-order chi connectivity index (χ0) is 15.8. The van der Waals surface area contributed by atoms with E-state index in [9.17, 15) is 5.11 Å². The molecule has 1 aliphatic heterocycles. The first-order valence-corrected chi connectivity index (χ1v) is 8.17. The first-order valence-electron chi connectivity index (χ1n) is 7.79. The molecule has 0 aromatic heterocycles. The Morgan fingerprint density at radius 3 is 2.82 bits per heavy atom. The van der Waals surface area contributed by atoms with Gasteiger partial charge in [0.05, 0.1) is 17.7 Å². The molecule has 2 rings (SSSR count). The number of hydrogen-bond donors (Lipinski definition) is 2. The van der Waals surface area contributed by atoms with Crippen molar-refractivity contribution in [3.63, 3.8) is 0 Å². The second-order valence-corrected chi connectivity index (χ2v) is 5.64. The number of benzene rings is 1. The number of rotatable bonds is 5. The highest BCUT2D eigenvalue weighted by atomic mass is 35.5. The lowest BCUT2D eigenvalue weighted by Crippen LogP contribution is -2.46. The molecule has 0 amide bonds. The highest BCUT2D eigenvalue weighted by Gasteiger charge is 2.19. The van der Waals surface area contributed by atoms with Crippen molar-refractivity contribution < 1.29 is 9.84 Å². The Kier molecular flexibility index (Phi) is 6.80. The van der Waals surface area contributed by atoms with Crippen LogP contribution in [0, 0.1) is 0 Å². The minimum absolute atomic E-state index is 0.178. The van der Waals surface area contributed by atoms with Crippen LogP contribution in [0.2, 0.25) is 5.02 Å². The molecule has 0 unspecified atom stereocenters. The van der Waals surface area contributed by atoms with Crippen molar-refractivity contribution in [3.8, 4) is 5.75 Å². The quantitative estimate of drug-likeness (QED) is 0.495. The molecular formula is C16H24ClN3O2. The maximum atomic E-state index is 9.59. The highest BCUT2D eigenvalue weighted by molar-refractivity contribution is 6.32. The topological polar surface area (TPSA) is 57.1 Å². The molecule has 0 bridgehead atoms. The van der Waals surface area contributed by atoms with E-state index in [2.05, 4.69) is 22.1 Å². The fourth-order valence-electron chi connectivity index (χ4n) is 2.37. The van der Waals surface area contributed by atoms with E-state index in [0.717, 1.165) is 38.4 Å². The number of aliphatic hydroxyl groups excluding tert-OH is 1. The Morgan fingerprint density at radius 1 is 1.41 bits per heavy atom. The Morgan fingerprint density at radius 2 is 2.14 bits per heavy atom. The van der Waals surface area contributed by atoms with E-state index in [-0.39, 0.29) is 6.10 Å². The molecule has 0 spiro atoms. The van der Waals surface area contributed by atoms with Gasteiger partial charge in [0, 0.05) is 19.6 Å². The van der Waals surface area contributed by atoms with E-state index < -0.39 is 0 Å². The number of para-hydroxylation sites is 1. The van der Waals surface area contributed by atoms with Gasteiger partial charge in [0.1, 0.15) is 12.4 Å². The number of likely N-dealkylation sites (tertiary alicyclic amines) is 1. The zero-order valence-electron chi connectivity index (χ0n) is 13.0. The lowest BCUT2D eigenvalue weighted by molar-refractivity contribution is 0.108. The summed E-state index contributed by atoms with van der Waals surface area (Å²) in [7, 11) is 0. The summed E-state index contributed by atoms with van der Waals surface area (Å²) in [6, 6.07) is 7.43. The van der Waals surface area contributed by atoms with Gasteiger partial charge >= 0.3 is 0 Å². The van der Waals surface area contributed by atoms with Crippen LogP contribution in [-0.4, -0.2) is 54.9 Å². The zero-order valence-corrected chi connectivity index (χ0v) is 13.7. The molecule has 1 fully saturated rings. The Labute approximate surface area is 136 Å². The number of nitrogens with one attached hydrogen (secondary N) is 1. The average Bonchev–Trinajstić information content (AvgIpc) is 2.53. The molecule has 6 heteroatoms. The molecular weight excluding hydrogens is 302 g/mol. The summed E-state index contributed by atoms with van der Waals surface area (Å²) in [6.45, 7) is 5.58. The lowest BCUT2D eigenvalue weighted by Gasteiger charge is -2.32. The van der Waals surface area contributed by atoms with Gasteiger partial charge in [-0.15, -0.1) is 0 Å². The Hall–Kier alpha value is -1.46. The van der Waals surface area contributed by atoms with Crippen molar-refractivity contribution in [1.29, 1.82) is 0 Å². The van der Waals surface area contributed by atoms with Crippen molar-refractivity contribution >= 4 is 17.6 Å². The number of nitrogens with zero attached hydrogens (tertiary/aromatic N) is 2. The van der Waals surface area contributed by atoms with Crippen LogP contribution in [0.1, 0.15) is 19.8 Å². The van der Waals surface area contributed by atoms with Gasteiger partial charge in [0.15, 0.2) is 5.96 Å². The molecule has 22 heavy (non-hydrogen) atoms. The van der Waals surface area contributed by atoms with E-state index in [4.69, 9.17) is 16.3 Å². The average molecular weight is 326 g/mol. The van der Waals surface area contributed by atoms with Crippen molar-refractivity contribution in [1.82, 2.24) is 10.2 Å². The first kappa shape index (κ1) is 16.9. The Balaban J connectivity index is 1.84. The van der Waals surface area contributed by atoms with Crippen LogP contribution in [0.3, 0.4) is 0 Å². The van der Waals surface area contributed by atoms with E-state index in [1.807, 2.05) is 24.3 Å². The number of halogens is 1. The molecule has 0 atom stereocenters. The molecule has 5 nitrogen and oxygen atoms in total. The van der Waals surface area contributed by atoms with Gasteiger partial charge in [-0.05, 0) is 31.9 Å². The van der Waals surface area contributed by atoms with Crippen LogP contribution in [0.25, 0.3) is 0 Å². The van der Waals surface area contributed by atoms with Crippen molar-refractivity contribution in [2.75, 3.05) is 32.8 Å². The smallest absolute Gasteiger partial charge is 0.194 e. The van der Waals surface area contributed by atoms with Crippen molar-refractivity contribution in [2.24, 2.45) is 4.99 Å². The van der Waals surface area contributed by atoms with Crippen molar-refractivity contribution in [3.05, 3.63) is 29.3 Å². The number of aliphatic imine (C=N–C) groups is 1. The molecule has 0 saturated carbocycles. The predicted molar refractivity (Wildman–Crippen MR) is 89.7 cm³/mol. The number of guanidine groups is 1. The van der Waals surface area contributed by atoms with Gasteiger partial charge in [-0.2, -0.15) is 0 Å². The van der Waals surface area contributed by atoms with E-state index in [0.29, 0.717) is 23.9 Å². The maximum absolute atomic E-state index is 9.59. The molecule has 1 heterocycles. The highest BCUT2D eigenvalue weighted by Crippen LogP contribution is 2.22. The third-order valence-electron chi connectivity index (χ3n) is 3.55. The predicted octanol–water partition coefficient (Wildman–Crippen LogP) is 2.14. The van der Waals surface area contributed by atoms with Crippen molar-refractivity contribution in [2.45, 2.75) is 25.9 Å². The van der Waals surface area contributed by atoms with Gasteiger partial charge in [-0.25, -0.2) is 4.99 Å². The summed E-state index contributed by atoms with van der Waals surface area (Å²) in [4.78, 5) is 6.77. The summed E-state index contributed by atoms with van der Waals surface area (Å²) in [6.07, 6.45) is 1.41. The molecule has 1 aliphatic rings. The molecule has 1 aromatic carbocycles. The van der Waals surface area contributed by atoms with E-state index in [1.54, 1.807) is 0 Å². The SMILES string of the molecule is CCNC(=NCCOc1ccccc1Cl)N1CCC(O)CC1. The van der Waals surface area contributed by atoms with E-state index >= 15 is 0 Å². The van der Waals surface area contributed by atoms with Crippen LogP contribution in [0.15, 0.2) is 29.3 Å². The fourth-order valence-corrected chi connectivity index (χ4v) is 2.56. The largest absolute Gasteiger partial charge is 0.490 e. The van der Waals surface area contributed by atoms with Crippen LogP contribution in [-0.2, 0) is 0 Å². The molecule has 0 radical (unpaired) electrons. The van der Waals surface area contributed by atoms with Crippen LogP contribution in [0.5, 0.6) is 5.75 Å². The van der Waals surface area contributed by atoms with Gasteiger partial charge in [0.2, 0.25) is 0 Å².